The van der Waals surface area contributed by atoms with Crippen molar-refractivity contribution >= 4 is 17.6 Å². The quantitative estimate of drug-likeness (QED) is 0.667. The summed E-state index contributed by atoms with van der Waals surface area (Å²) in [4.78, 5) is 2.08. The third-order valence-corrected chi connectivity index (χ3v) is 2.95. The van der Waals surface area contributed by atoms with Crippen LogP contribution in [0.15, 0.2) is 53.6 Å². The van der Waals surface area contributed by atoms with Gasteiger partial charge in [0.2, 0.25) is 0 Å². The number of benzene rings is 2. The van der Waals surface area contributed by atoms with E-state index in [2.05, 4.69) is 52.7 Å². The fraction of sp³-hybridized carbons (Fsp3) is 0.188. The zero-order valence-corrected chi connectivity index (χ0v) is 11.6. The first-order valence-electron chi connectivity index (χ1n) is 6.29. The molecule has 0 spiro atoms. The number of nitrogens with one attached hydrogen (secondary N) is 1. The number of nitrogens with zero attached hydrogens (tertiary/aromatic N) is 2. The van der Waals surface area contributed by atoms with E-state index in [1.165, 1.54) is 11.3 Å². The molecule has 0 fully saturated rings. The Morgan fingerprint density at radius 3 is 2.32 bits per heavy atom. The molecule has 98 valence electrons. The minimum absolute atomic E-state index is 1.03. The molecule has 0 atom stereocenters. The molecule has 2 aromatic rings. The van der Waals surface area contributed by atoms with Gasteiger partial charge in [-0.25, -0.2) is 0 Å². The molecule has 2 rings (SSSR count). The van der Waals surface area contributed by atoms with Crippen LogP contribution in [-0.2, 0) is 0 Å². The average Bonchev–Trinajstić information content (AvgIpc) is 2.41. The van der Waals surface area contributed by atoms with Gasteiger partial charge in [0.1, 0.15) is 0 Å². The van der Waals surface area contributed by atoms with Gasteiger partial charge < -0.3 is 4.90 Å². The summed E-state index contributed by atoms with van der Waals surface area (Å²) < 4.78 is 0. The Bertz CT molecular complexity index is 556. The van der Waals surface area contributed by atoms with Gasteiger partial charge in [0, 0.05) is 19.8 Å². The number of hydrogen-bond acceptors (Lipinski definition) is 3. The molecule has 0 amide bonds. The summed E-state index contributed by atoms with van der Waals surface area (Å²) in [7, 11) is 4.06. The summed E-state index contributed by atoms with van der Waals surface area (Å²) in [5, 5.41) is 4.26. The van der Waals surface area contributed by atoms with Crippen molar-refractivity contribution in [3.63, 3.8) is 0 Å². The van der Waals surface area contributed by atoms with E-state index in [-0.39, 0.29) is 0 Å². The largest absolute Gasteiger partial charge is 0.378 e. The Labute approximate surface area is 114 Å². The molecule has 0 aliphatic heterocycles. The lowest BCUT2D eigenvalue weighted by Crippen LogP contribution is -2.08. The maximum absolute atomic E-state index is 4.26. The molecule has 0 bridgehead atoms. The topological polar surface area (TPSA) is 27.6 Å². The second kappa shape index (κ2) is 6.05. The molecule has 0 heterocycles. The lowest BCUT2D eigenvalue weighted by molar-refractivity contribution is 1.13. The highest BCUT2D eigenvalue weighted by Gasteiger charge is 1.95. The molecular formula is C16H19N3. The van der Waals surface area contributed by atoms with E-state index in [1.54, 1.807) is 0 Å². The van der Waals surface area contributed by atoms with Gasteiger partial charge in [-0.15, -0.1) is 0 Å². The van der Waals surface area contributed by atoms with Gasteiger partial charge in [-0.2, -0.15) is 5.10 Å². The Balaban J connectivity index is 2.01. The smallest absolute Gasteiger partial charge is 0.0590 e. The molecule has 1 N–H and O–H groups in total. The number of para-hydroxylation sites is 1. The minimum atomic E-state index is 1.03. The Hall–Kier alpha value is -2.29. The molecule has 19 heavy (non-hydrogen) atoms. The fourth-order valence-electron chi connectivity index (χ4n) is 1.73. The van der Waals surface area contributed by atoms with Crippen molar-refractivity contribution in [3.8, 4) is 0 Å². The van der Waals surface area contributed by atoms with E-state index in [9.17, 15) is 0 Å². The molecule has 0 unspecified atom stereocenters. The summed E-state index contributed by atoms with van der Waals surface area (Å²) in [5.41, 5.74) is 7.53. The summed E-state index contributed by atoms with van der Waals surface area (Å²) in [6.45, 7) is 2.06. The Morgan fingerprint density at radius 1 is 1.00 bits per heavy atom. The Kier molecular flexibility index (Phi) is 4.18. The van der Waals surface area contributed by atoms with Gasteiger partial charge in [-0.05, 0) is 36.2 Å². The third-order valence-electron chi connectivity index (χ3n) is 2.95. The second-order valence-corrected chi connectivity index (χ2v) is 4.67. The van der Waals surface area contributed by atoms with E-state index in [0.717, 1.165) is 11.3 Å². The highest BCUT2D eigenvalue weighted by molar-refractivity contribution is 5.81. The van der Waals surface area contributed by atoms with Crippen LogP contribution in [-0.4, -0.2) is 20.3 Å². The normalized spacial score (nSPS) is 10.7. The van der Waals surface area contributed by atoms with Gasteiger partial charge in [0.25, 0.3) is 0 Å². The number of rotatable bonds is 4. The molecule has 3 nitrogen and oxygen atoms in total. The van der Waals surface area contributed by atoms with Gasteiger partial charge >= 0.3 is 0 Å². The predicted octanol–water partition coefficient (Wildman–Crippen LogP) is 3.51. The van der Waals surface area contributed by atoms with E-state index in [4.69, 9.17) is 0 Å². The fourth-order valence-corrected chi connectivity index (χ4v) is 1.73. The van der Waals surface area contributed by atoms with Crippen molar-refractivity contribution in [2.45, 2.75) is 6.92 Å². The van der Waals surface area contributed by atoms with Crippen LogP contribution in [0.2, 0.25) is 0 Å². The highest BCUT2D eigenvalue weighted by atomic mass is 15.3. The summed E-state index contributed by atoms with van der Waals surface area (Å²) >= 11 is 0. The van der Waals surface area contributed by atoms with Gasteiger partial charge in [-0.3, -0.25) is 5.43 Å². The van der Waals surface area contributed by atoms with Crippen LogP contribution in [0.5, 0.6) is 0 Å². The van der Waals surface area contributed by atoms with Crippen LogP contribution < -0.4 is 10.3 Å². The van der Waals surface area contributed by atoms with Gasteiger partial charge in [0.05, 0.1) is 11.9 Å². The molecule has 0 saturated carbocycles. The molecule has 0 radical (unpaired) electrons. The van der Waals surface area contributed by atoms with Crippen LogP contribution in [0.1, 0.15) is 11.1 Å². The van der Waals surface area contributed by atoms with E-state index < -0.39 is 0 Å². The van der Waals surface area contributed by atoms with Crippen molar-refractivity contribution in [2.24, 2.45) is 5.10 Å². The first-order chi connectivity index (χ1) is 9.16. The monoisotopic (exact) mass is 253 g/mol. The average molecular weight is 253 g/mol. The summed E-state index contributed by atoms with van der Waals surface area (Å²) in [6.07, 6.45) is 1.83. The minimum Gasteiger partial charge on any atom is -0.378 e. The molecule has 0 aromatic heterocycles. The zero-order chi connectivity index (χ0) is 13.7. The van der Waals surface area contributed by atoms with Crippen LogP contribution in [0, 0.1) is 6.92 Å². The van der Waals surface area contributed by atoms with Crippen LogP contribution in [0.3, 0.4) is 0 Å². The van der Waals surface area contributed by atoms with Crippen LogP contribution in [0.4, 0.5) is 11.4 Å². The third kappa shape index (κ3) is 3.58. The highest BCUT2D eigenvalue weighted by Crippen LogP contribution is 2.13. The summed E-state index contributed by atoms with van der Waals surface area (Å²) in [6, 6.07) is 16.4. The number of aryl methyl sites for hydroxylation is 1. The second-order valence-electron chi connectivity index (χ2n) is 4.67. The van der Waals surface area contributed by atoms with Crippen molar-refractivity contribution in [2.75, 3.05) is 24.4 Å². The standard InChI is InChI=1S/C16H19N3/c1-13-6-4-5-7-16(13)18-17-12-14-8-10-15(11-9-14)19(2)3/h4-12,18H,1-3H3/b17-12-. The lowest BCUT2D eigenvalue weighted by Gasteiger charge is -2.11. The number of hydrazone groups is 1. The predicted molar refractivity (Wildman–Crippen MR) is 83.2 cm³/mol. The SMILES string of the molecule is Cc1ccccc1N/N=C\c1ccc(N(C)C)cc1. The maximum atomic E-state index is 4.26. The molecule has 0 aliphatic rings. The van der Waals surface area contributed by atoms with Crippen molar-refractivity contribution in [1.29, 1.82) is 0 Å². The van der Waals surface area contributed by atoms with Crippen molar-refractivity contribution in [3.05, 3.63) is 59.7 Å². The Morgan fingerprint density at radius 2 is 1.68 bits per heavy atom. The zero-order valence-electron chi connectivity index (χ0n) is 11.6. The van der Waals surface area contributed by atoms with Crippen molar-refractivity contribution < 1.29 is 0 Å². The summed E-state index contributed by atoms with van der Waals surface area (Å²) in [5.74, 6) is 0. The van der Waals surface area contributed by atoms with E-state index in [1.807, 2.05) is 38.5 Å². The molecule has 3 heteroatoms. The number of hydrogen-bond donors (Lipinski definition) is 1. The molecule has 2 aromatic carbocycles. The lowest BCUT2D eigenvalue weighted by atomic mass is 10.2. The maximum Gasteiger partial charge on any atom is 0.0590 e. The molecular weight excluding hydrogens is 234 g/mol. The number of anilines is 2. The first kappa shape index (κ1) is 13.1. The van der Waals surface area contributed by atoms with E-state index >= 15 is 0 Å². The van der Waals surface area contributed by atoms with Crippen LogP contribution >= 0.6 is 0 Å². The van der Waals surface area contributed by atoms with Gasteiger partial charge in [0.15, 0.2) is 0 Å². The van der Waals surface area contributed by atoms with E-state index in [0.29, 0.717) is 0 Å². The molecule has 0 saturated heterocycles. The first-order valence-corrected chi connectivity index (χ1v) is 6.29. The van der Waals surface area contributed by atoms with Crippen molar-refractivity contribution in [1.82, 2.24) is 0 Å². The van der Waals surface area contributed by atoms with Gasteiger partial charge in [-0.1, -0.05) is 30.3 Å². The van der Waals surface area contributed by atoms with Crippen LogP contribution in [0.25, 0.3) is 0 Å². The molecule has 0 aliphatic carbocycles.